The van der Waals surface area contributed by atoms with Crippen LogP contribution in [-0.2, 0) is 6.54 Å². The number of hydrogen-bond donors (Lipinski definition) is 2. The number of para-hydroxylation sites is 2. The molecule has 4 aromatic rings. The standard InChI is InChI=1S/C21H18N6O2S/c1-14(13-27-18-10-5-4-9-17(18)24-26-27)23-25-20(28)15-7-2-3-8-16(15)22-21(29)19-11-6-12-30-19/h2-12H,13H2,1H3,(H,22,29)(H,25,28)/b23-14+. The zero-order chi connectivity index (χ0) is 20.9. The van der Waals surface area contributed by atoms with E-state index in [9.17, 15) is 9.59 Å². The maximum absolute atomic E-state index is 12.7. The average Bonchev–Trinajstić information content (AvgIpc) is 3.43. The number of carbonyl (C=O) groups is 2. The smallest absolute Gasteiger partial charge is 0.273 e. The number of amides is 2. The third kappa shape index (κ3) is 4.26. The van der Waals surface area contributed by atoms with Crippen LogP contribution in [0.3, 0.4) is 0 Å². The Balaban J connectivity index is 1.45. The van der Waals surface area contributed by atoms with E-state index in [1.165, 1.54) is 11.3 Å². The number of anilines is 1. The van der Waals surface area contributed by atoms with Gasteiger partial charge in [-0.3, -0.25) is 9.59 Å². The van der Waals surface area contributed by atoms with Crippen LogP contribution in [0.5, 0.6) is 0 Å². The van der Waals surface area contributed by atoms with Gasteiger partial charge in [-0.15, -0.1) is 16.4 Å². The molecule has 0 saturated heterocycles. The second kappa shape index (κ2) is 8.66. The van der Waals surface area contributed by atoms with Crippen LogP contribution in [0.15, 0.2) is 71.1 Å². The van der Waals surface area contributed by atoms with Crippen molar-refractivity contribution in [2.75, 3.05) is 5.32 Å². The molecule has 4 rings (SSSR count). The van der Waals surface area contributed by atoms with Gasteiger partial charge < -0.3 is 5.32 Å². The van der Waals surface area contributed by atoms with Gasteiger partial charge in [0.1, 0.15) is 5.52 Å². The maximum atomic E-state index is 12.7. The summed E-state index contributed by atoms with van der Waals surface area (Å²) in [7, 11) is 0. The molecule has 0 fully saturated rings. The molecular weight excluding hydrogens is 400 g/mol. The van der Waals surface area contributed by atoms with Gasteiger partial charge in [-0.2, -0.15) is 5.10 Å². The highest BCUT2D eigenvalue weighted by Crippen LogP contribution is 2.18. The van der Waals surface area contributed by atoms with Crippen LogP contribution in [0.2, 0.25) is 0 Å². The number of nitrogens with one attached hydrogen (secondary N) is 2. The first-order chi connectivity index (χ1) is 14.6. The maximum Gasteiger partial charge on any atom is 0.273 e. The highest BCUT2D eigenvalue weighted by molar-refractivity contribution is 7.12. The second-order valence-corrected chi connectivity index (χ2v) is 7.45. The van der Waals surface area contributed by atoms with Gasteiger partial charge in [-0.1, -0.05) is 35.5 Å². The molecule has 0 saturated carbocycles. The first-order valence-electron chi connectivity index (χ1n) is 9.17. The number of thiophene rings is 1. The monoisotopic (exact) mass is 418 g/mol. The molecule has 0 radical (unpaired) electrons. The fraction of sp³-hybridized carbons (Fsp3) is 0.0952. The molecule has 0 aliphatic rings. The topological polar surface area (TPSA) is 101 Å². The Morgan fingerprint density at radius 3 is 2.67 bits per heavy atom. The number of hydrogen-bond acceptors (Lipinski definition) is 6. The molecule has 0 aliphatic heterocycles. The van der Waals surface area contributed by atoms with Crippen LogP contribution in [0.4, 0.5) is 5.69 Å². The molecule has 2 aromatic heterocycles. The summed E-state index contributed by atoms with van der Waals surface area (Å²) in [6.07, 6.45) is 0. The summed E-state index contributed by atoms with van der Waals surface area (Å²) in [5.41, 5.74) is 5.63. The van der Waals surface area contributed by atoms with E-state index < -0.39 is 5.91 Å². The number of fused-ring (bicyclic) bond motifs is 1. The van der Waals surface area contributed by atoms with Gasteiger partial charge in [0.05, 0.1) is 33.9 Å². The lowest BCUT2D eigenvalue weighted by atomic mass is 10.1. The van der Waals surface area contributed by atoms with Crippen molar-refractivity contribution < 1.29 is 9.59 Å². The summed E-state index contributed by atoms with van der Waals surface area (Å²) >= 11 is 1.33. The van der Waals surface area contributed by atoms with Crippen molar-refractivity contribution in [1.29, 1.82) is 0 Å². The fourth-order valence-electron chi connectivity index (χ4n) is 2.87. The molecular formula is C21H18N6O2S. The van der Waals surface area contributed by atoms with Crippen molar-refractivity contribution in [1.82, 2.24) is 20.4 Å². The number of hydrazone groups is 1. The van der Waals surface area contributed by atoms with Crippen molar-refractivity contribution in [2.45, 2.75) is 13.5 Å². The Morgan fingerprint density at radius 1 is 1.03 bits per heavy atom. The van der Waals surface area contributed by atoms with Gasteiger partial charge in [-0.25, -0.2) is 10.1 Å². The molecule has 150 valence electrons. The first kappa shape index (κ1) is 19.5. The third-order valence-electron chi connectivity index (χ3n) is 4.31. The SMILES string of the molecule is C/C(Cn1nnc2ccccc21)=N\NC(=O)c1ccccc1NC(=O)c1cccs1. The van der Waals surface area contributed by atoms with E-state index in [1.807, 2.05) is 29.6 Å². The molecule has 0 bridgehead atoms. The van der Waals surface area contributed by atoms with Crippen LogP contribution >= 0.6 is 11.3 Å². The molecule has 30 heavy (non-hydrogen) atoms. The van der Waals surface area contributed by atoms with Crippen molar-refractivity contribution in [3.63, 3.8) is 0 Å². The largest absolute Gasteiger partial charge is 0.321 e. The van der Waals surface area contributed by atoms with E-state index in [-0.39, 0.29) is 5.91 Å². The van der Waals surface area contributed by atoms with E-state index in [0.717, 1.165) is 11.0 Å². The van der Waals surface area contributed by atoms with Crippen molar-refractivity contribution in [2.24, 2.45) is 5.10 Å². The van der Waals surface area contributed by atoms with Crippen LogP contribution in [-0.4, -0.2) is 32.5 Å². The number of nitrogens with zero attached hydrogens (tertiary/aromatic N) is 4. The average molecular weight is 418 g/mol. The van der Waals surface area contributed by atoms with Crippen LogP contribution in [0, 0.1) is 0 Å². The van der Waals surface area contributed by atoms with Crippen molar-refractivity contribution >= 4 is 45.6 Å². The minimum atomic E-state index is -0.417. The molecule has 2 amide bonds. The summed E-state index contributed by atoms with van der Waals surface area (Å²) in [5.74, 6) is -0.678. The highest BCUT2D eigenvalue weighted by atomic mass is 32.1. The minimum absolute atomic E-state index is 0.261. The van der Waals surface area contributed by atoms with E-state index in [4.69, 9.17) is 0 Å². The molecule has 2 N–H and O–H groups in total. The number of aromatic nitrogens is 3. The van der Waals surface area contributed by atoms with Crippen LogP contribution in [0.1, 0.15) is 27.0 Å². The summed E-state index contributed by atoms with van der Waals surface area (Å²) in [6.45, 7) is 2.18. The van der Waals surface area contributed by atoms with Gasteiger partial charge >= 0.3 is 0 Å². The molecule has 0 spiro atoms. The molecule has 0 atom stereocenters. The van der Waals surface area contributed by atoms with Crippen molar-refractivity contribution in [3.8, 4) is 0 Å². The van der Waals surface area contributed by atoms with Gasteiger partial charge in [0.15, 0.2) is 0 Å². The molecule has 0 unspecified atom stereocenters. The van der Waals surface area contributed by atoms with Gasteiger partial charge in [0.2, 0.25) is 0 Å². The molecule has 8 nitrogen and oxygen atoms in total. The van der Waals surface area contributed by atoms with Crippen LogP contribution in [0.25, 0.3) is 11.0 Å². The van der Waals surface area contributed by atoms with Gasteiger partial charge in [0, 0.05) is 0 Å². The Labute approximate surface area is 176 Å². The zero-order valence-electron chi connectivity index (χ0n) is 16.1. The molecule has 2 aromatic carbocycles. The quantitative estimate of drug-likeness (QED) is 0.369. The summed E-state index contributed by atoms with van der Waals surface area (Å²) in [5, 5.41) is 17.0. The first-order valence-corrected chi connectivity index (χ1v) is 10.1. The number of benzene rings is 2. The molecule has 2 heterocycles. The lowest BCUT2D eigenvalue weighted by Gasteiger charge is -2.09. The van der Waals surface area contributed by atoms with Gasteiger partial charge in [-0.05, 0) is 42.6 Å². The van der Waals surface area contributed by atoms with Crippen LogP contribution < -0.4 is 10.7 Å². The normalized spacial score (nSPS) is 11.4. The zero-order valence-corrected chi connectivity index (χ0v) is 16.9. The second-order valence-electron chi connectivity index (χ2n) is 6.50. The van der Waals surface area contributed by atoms with Gasteiger partial charge in [0.25, 0.3) is 11.8 Å². The Kier molecular flexibility index (Phi) is 5.62. The Morgan fingerprint density at radius 2 is 1.83 bits per heavy atom. The van der Waals surface area contributed by atoms with E-state index in [1.54, 1.807) is 48.0 Å². The summed E-state index contributed by atoms with van der Waals surface area (Å²) in [6, 6.07) is 17.9. The lowest BCUT2D eigenvalue weighted by molar-refractivity contribution is 0.0955. The Bertz CT molecular complexity index is 1230. The Hall–Kier alpha value is -3.85. The summed E-state index contributed by atoms with van der Waals surface area (Å²) in [4.78, 5) is 25.5. The number of carbonyl (C=O) groups excluding carboxylic acids is 2. The van der Waals surface area contributed by atoms with E-state index >= 15 is 0 Å². The summed E-state index contributed by atoms with van der Waals surface area (Å²) < 4.78 is 1.72. The third-order valence-corrected chi connectivity index (χ3v) is 5.18. The predicted octanol–water partition coefficient (Wildman–Crippen LogP) is 3.55. The fourth-order valence-corrected chi connectivity index (χ4v) is 3.49. The molecule has 0 aliphatic carbocycles. The van der Waals surface area contributed by atoms with E-state index in [0.29, 0.717) is 28.4 Å². The van der Waals surface area contributed by atoms with E-state index in [2.05, 4.69) is 26.2 Å². The predicted molar refractivity (Wildman–Crippen MR) is 117 cm³/mol. The highest BCUT2D eigenvalue weighted by Gasteiger charge is 2.14. The lowest BCUT2D eigenvalue weighted by Crippen LogP contribution is -2.23. The number of rotatable bonds is 6. The minimum Gasteiger partial charge on any atom is -0.321 e. The molecule has 9 heteroatoms. The van der Waals surface area contributed by atoms with Crippen molar-refractivity contribution in [3.05, 3.63) is 76.5 Å².